The first-order valence-corrected chi connectivity index (χ1v) is 9.90. The maximum absolute atomic E-state index is 13.2. The van der Waals surface area contributed by atoms with E-state index in [2.05, 4.69) is 25.6 Å². The van der Waals surface area contributed by atoms with Crippen molar-refractivity contribution in [3.05, 3.63) is 71.0 Å². The molecule has 4 rings (SSSR count). The van der Waals surface area contributed by atoms with E-state index in [0.717, 1.165) is 11.6 Å². The van der Waals surface area contributed by atoms with E-state index >= 15 is 0 Å². The molecular formula is C21H19ClFN7O. The molecule has 0 unspecified atom stereocenters. The van der Waals surface area contributed by atoms with Crippen molar-refractivity contribution in [3.63, 3.8) is 0 Å². The highest BCUT2D eigenvalue weighted by molar-refractivity contribution is 6.28. The van der Waals surface area contributed by atoms with Crippen LogP contribution in [0.1, 0.15) is 22.8 Å². The van der Waals surface area contributed by atoms with E-state index in [1.165, 1.54) is 12.1 Å². The molecule has 0 fully saturated rings. The highest BCUT2D eigenvalue weighted by atomic mass is 35.5. The number of imidazole rings is 1. The number of fused-ring (bicyclic) bond motifs is 1. The summed E-state index contributed by atoms with van der Waals surface area (Å²) in [5.41, 5.74) is 8.90. The van der Waals surface area contributed by atoms with Crippen LogP contribution >= 0.6 is 11.6 Å². The Morgan fingerprint density at radius 2 is 1.97 bits per heavy atom. The number of rotatable bonds is 6. The molecule has 4 N–H and O–H groups in total. The lowest BCUT2D eigenvalue weighted by Gasteiger charge is -2.09. The summed E-state index contributed by atoms with van der Waals surface area (Å²) in [6.45, 7) is 3.13. The van der Waals surface area contributed by atoms with Crippen molar-refractivity contribution in [2.75, 3.05) is 22.9 Å². The van der Waals surface area contributed by atoms with E-state index in [9.17, 15) is 9.18 Å². The molecule has 10 heteroatoms. The molecule has 0 atom stereocenters. The van der Waals surface area contributed by atoms with Gasteiger partial charge in [0.05, 0.1) is 24.2 Å². The summed E-state index contributed by atoms with van der Waals surface area (Å²) >= 11 is 6.06. The molecule has 158 valence electrons. The number of aromatic nitrogens is 4. The first-order chi connectivity index (χ1) is 14.9. The first kappa shape index (κ1) is 20.5. The van der Waals surface area contributed by atoms with Gasteiger partial charge in [-0.3, -0.25) is 4.79 Å². The van der Waals surface area contributed by atoms with Crippen molar-refractivity contribution in [3.8, 4) is 0 Å². The van der Waals surface area contributed by atoms with Crippen molar-refractivity contribution >= 4 is 45.9 Å². The molecule has 0 aliphatic rings. The quantitative estimate of drug-likeness (QED) is 0.310. The molecule has 0 aliphatic carbocycles. The van der Waals surface area contributed by atoms with Gasteiger partial charge < -0.3 is 20.9 Å². The second-order valence-corrected chi connectivity index (χ2v) is 7.14. The maximum atomic E-state index is 13.2. The highest BCUT2D eigenvalue weighted by Gasteiger charge is 2.13. The monoisotopic (exact) mass is 439 g/mol. The van der Waals surface area contributed by atoms with Gasteiger partial charge in [0.2, 0.25) is 5.28 Å². The number of amides is 1. The van der Waals surface area contributed by atoms with Crippen LogP contribution in [-0.2, 0) is 6.54 Å². The van der Waals surface area contributed by atoms with Crippen molar-refractivity contribution < 1.29 is 9.18 Å². The van der Waals surface area contributed by atoms with E-state index in [-0.39, 0.29) is 16.9 Å². The average Bonchev–Trinajstić information content (AvgIpc) is 3.13. The summed E-state index contributed by atoms with van der Waals surface area (Å²) in [5, 5.41) is 5.95. The maximum Gasteiger partial charge on any atom is 0.255 e. The highest BCUT2D eigenvalue weighted by Crippen LogP contribution is 2.22. The molecule has 4 aromatic rings. The van der Waals surface area contributed by atoms with Gasteiger partial charge in [-0.15, -0.1) is 0 Å². The average molecular weight is 440 g/mol. The lowest BCUT2D eigenvalue weighted by atomic mass is 10.1. The second-order valence-electron chi connectivity index (χ2n) is 6.80. The Balaban J connectivity index is 1.52. The van der Waals surface area contributed by atoms with Crippen LogP contribution in [0.4, 0.5) is 21.6 Å². The van der Waals surface area contributed by atoms with Crippen molar-refractivity contribution in [2.45, 2.75) is 13.5 Å². The van der Waals surface area contributed by atoms with E-state index in [1.54, 1.807) is 18.5 Å². The zero-order valence-corrected chi connectivity index (χ0v) is 17.3. The Labute approximate surface area is 182 Å². The van der Waals surface area contributed by atoms with Crippen LogP contribution < -0.4 is 16.4 Å². The number of benzene rings is 2. The third kappa shape index (κ3) is 4.41. The van der Waals surface area contributed by atoms with Crippen LogP contribution in [-0.4, -0.2) is 32.0 Å². The topological polar surface area (TPSA) is 111 Å². The molecule has 0 saturated heterocycles. The van der Waals surface area contributed by atoms with Crippen LogP contribution in [0.25, 0.3) is 11.2 Å². The lowest BCUT2D eigenvalue weighted by molar-refractivity contribution is 0.102. The Kier molecular flexibility index (Phi) is 5.68. The molecule has 2 aromatic carbocycles. The lowest BCUT2D eigenvalue weighted by Crippen LogP contribution is -2.13. The van der Waals surface area contributed by atoms with Gasteiger partial charge in [-0.25, -0.2) is 9.37 Å². The van der Waals surface area contributed by atoms with Gasteiger partial charge in [-0.05, 0) is 54.4 Å². The smallest absolute Gasteiger partial charge is 0.255 e. The number of carbonyl (C=O) groups excluding carboxylic acids is 1. The summed E-state index contributed by atoms with van der Waals surface area (Å²) in [6.07, 6.45) is 1.68. The molecule has 0 radical (unpaired) electrons. The predicted molar refractivity (Wildman–Crippen MR) is 119 cm³/mol. The van der Waals surface area contributed by atoms with E-state index < -0.39 is 5.82 Å². The molecule has 2 aromatic heterocycles. The number of halogens is 2. The van der Waals surface area contributed by atoms with Gasteiger partial charge >= 0.3 is 0 Å². The summed E-state index contributed by atoms with van der Waals surface area (Å²) < 4.78 is 15.0. The van der Waals surface area contributed by atoms with Gasteiger partial charge in [0.25, 0.3) is 5.91 Å². The number of carbonyl (C=O) groups is 1. The van der Waals surface area contributed by atoms with Gasteiger partial charge in [0, 0.05) is 12.1 Å². The van der Waals surface area contributed by atoms with Crippen LogP contribution in [0.5, 0.6) is 0 Å². The fourth-order valence-corrected chi connectivity index (χ4v) is 3.29. The standard InChI is InChI=1S/C21H19ClFN7O/c1-2-25-18-17-19(29-21(22)28-18)30(11-26-17)10-12-3-5-13(6-4-12)20(31)27-16-8-7-14(23)9-15(16)24/h3-9,11H,2,10,24H2,1H3,(H,27,31)(H,25,28,29). The van der Waals surface area contributed by atoms with Crippen LogP contribution in [0.15, 0.2) is 48.8 Å². The molecule has 0 spiro atoms. The van der Waals surface area contributed by atoms with E-state index in [4.69, 9.17) is 17.3 Å². The SMILES string of the molecule is CCNc1nc(Cl)nc2c1ncn2Cc1ccc(C(=O)Nc2ccc(F)cc2N)cc1. The zero-order valence-electron chi connectivity index (χ0n) is 16.6. The fraction of sp³-hybridized carbons (Fsp3) is 0.143. The summed E-state index contributed by atoms with van der Waals surface area (Å²) in [7, 11) is 0. The Hall–Kier alpha value is -3.72. The minimum Gasteiger partial charge on any atom is -0.397 e. The number of nitrogen functional groups attached to an aromatic ring is 1. The molecule has 31 heavy (non-hydrogen) atoms. The van der Waals surface area contributed by atoms with Crippen LogP contribution in [0, 0.1) is 5.82 Å². The van der Waals surface area contributed by atoms with E-state index in [1.807, 2.05) is 23.6 Å². The fourth-order valence-electron chi connectivity index (χ4n) is 3.12. The molecular weight excluding hydrogens is 421 g/mol. The number of nitrogens with one attached hydrogen (secondary N) is 2. The van der Waals surface area contributed by atoms with Gasteiger partial charge in [0.1, 0.15) is 5.82 Å². The predicted octanol–water partition coefficient (Wildman–Crippen LogP) is 3.93. The third-order valence-electron chi connectivity index (χ3n) is 4.61. The second kappa shape index (κ2) is 8.57. The minimum absolute atomic E-state index is 0.136. The largest absolute Gasteiger partial charge is 0.397 e. The number of nitrogens with two attached hydrogens (primary N) is 1. The molecule has 0 bridgehead atoms. The third-order valence-corrected chi connectivity index (χ3v) is 4.78. The zero-order chi connectivity index (χ0) is 22.0. The molecule has 2 heterocycles. The van der Waals surface area contributed by atoms with Gasteiger partial charge in [0.15, 0.2) is 17.0 Å². The minimum atomic E-state index is -0.462. The van der Waals surface area contributed by atoms with Crippen molar-refractivity contribution in [1.29, 1.82) is 0 Å². The Morgan fingerprint density at radius 1 is 1.19 bits per heavy atom. The Bertz CT molecular complexity index is 1260. The van der Waals surface area contributed by atoms with E-state index in [0.29, 0.717) is 41.3 Å². The first-order valence-electron chi connectivity index (χ1n) is 9.52. The molecule has 0 aliphatic heterocycles. The number of hydrogen-bond donors (Lipinski definition) is 3. The van der Waals surface area contributed by atoms with Crippen LogP contribution in [0.2, 0.25) is 5.28 Å². The molecule has 0 saturated carbocycles. The summed E-state index contributed by atoms with van der Waals surface area (Å²) in [5.74, 6) is -0.216. The molecule has 8 nitrogen and oxygen atoms in total. The van der Waals surface area contributed by atoms with Crippen LogP contribution in [0.3, 0.4) is 0 Å². The normalized spacial score (nSPS) is 10.9. The number of nitrogens with zero attached hydrogens (tertiary/aromatic N) is 4. The summed E-state index contributed by atoms with van der Waals surface area (Å²) in [4.78, 5) is 25.3. The summed E-state index contributed by atoms with van der Waals surface area (Å²) in [6, 6.07) is 10.9. The molecule has 1 amide bonds. The van der Waals surface area contributed by atoms with Crippen molar-refractivity contribution in [2.24, 2.45) is 0 Å². The Morgan fingerprint density at radius 3 is 2.68 bits per heavy atom. The number of hydrogen-bond acceptors (Lipinski definition) is 6. The van der Waals surface area contributed by atoms with Gasteiger partial charge in [-0.1, -0.05) is 12.1 Å². The van der Waals surface area contributed by atoms with Crippen molar-refractivity contribution in [1.82, 2.24) is 19.5 Å². The van der Waals surface area contributed by atoms with Gasteiger partial charge in [-0.2, -0.15) is 9.97 Å². The number of anilines is 3.